The highest BCUT2D eigenvalue weighted by Gasteiger charge is 2.28. The molecule has 1 aliphatic carbocycles. The molecule has 2 N–H and O–H groups in total. The lowest BCUT2D eigenvalue weighted by molar-refractivity contribution is 0.0210. The van der Waals surface area contributed by atoms with Gasteiger partial charge in [-0.25, -0.2) is 24.1 Å². The normalized spacial score (nSPS) is 16.6. The minimum atomic E-state index is -0.505. The third-order valence-electron chi connectivity index (χ3n) is 6.02. The molecule has 2 aromatic heterocycles. The van der Waals surface area contributed by atoms with Crippen LogP contribution in [0.15, 0.2) is 36.5 Å². The summed E-state index contributed by atoms with van der Waals surface area (Å²) in [6.45, 7) is 6.87. The number of carbonyl (C=O) groups excluding carboxylic acids is 1. The summed E-state index contributed by atoms with van der Waals surface area (Å²) in [5.74, 6) is 0.320. The van der Waals surface area contributed by atoms with Gasteiger partial charge in [-0.3, -0.25) is 0 Å². The van der Waals surface area contributed by atoms with Gasteiger partial charge in [-0.15, -0.1) is 0 Å². The molecule has 2 aliphatic rings. The van der Waals surface area contributed by atoms with E-state index >= 15 is 0 Å². The fraction of sp³-hybridized carbons (Fsp3) is 0.462. The number of aromatic nitrogens is 3. The SMILES string of the molecule is CC(C)(C)OC(=O)N1CCC(Nc2nc(-c3ccc(F)cc3)c(-c3ccnc(NC4CC4)n3)s2)CC1. The lowest BCUT2D eigenvalue weighted by atomic mass is 10.1. The maximum absolute atomic E-state index is 13.6. The largest absolute Gasteiger partial charge is 0.444 e. The summed E-state index contributed by atoms with van der Waals surface area (Å²) in [4.78, 5) is 29.0. The van der Waals surface area contributed by atoms with E-state index in [0.29, 0.717) is 25.1 Å². The number of amides is 1. The summed E-state index contributed by atoms with van der Waals surface area (Å²) in [5, 5.41) is 7.67. The van der Waals surface area contributed by atoms with Gasteiger partial charge in [-0.2, -0.15) is 0 Å². The highest BCUT2D eigenvalue weighted by Crippen LogP contribution is 2.39. The Morgan fingerprint density at radius 3 is 2.39 bits per heavy atom. The van der Waals surface area contributed by atoms with Crippen LogP contribution in [0.3, 0.4) is 0 Å². The summed E-state index contributed by atoms with van der Waals surface area (Å²) in [7, 11) is 0. The number of likely N-dealkylation sites (tertiary alicyclic amines) is 1. The van der Waals surface area contributed by atoms with Gasteiger partial charge in [0.05, 0.1) is 16.3 Å². The molecule has 1 aliphatic heterocycles. The Balaban J connectivity index is 1.34. The van der Waals surface area contributed by atoms with Gasteiger partial charge in [-0.1, -0.05) is 11.3 Å². The van der Waals surface area contributed by atoms with Crippen LogP contribution in [-0.2, 0) is 4.74 Å². The van der Waals surface area contributed by atoms with Crippen LogP contribution in [0.4, 0.5) is 20.3 Å². The van der Waals surface area contributed by atoms with Crippen molar-refractivity contribution in [1.29, 1.82) is 0 Å². The molecule has 8 nitrogen and oxygen atoms in total. The molecule has 36 heavy (non-hydrogen) atoms. The van der Waals surface area contributed by atoms with Crippen LogP contribution in [0, 0.1) is 5.82 Å². The number of thiazole rings is 1. The number of hydrogen-bond acceptors (Lipinski definition) is 8. The third kappa shape index (κ3) is 6.10. The molecule has 3 heterocycles. The molecule has 0 radical (unpaired) electrons. The number of benzene rings is 1. The third-order valence-corrected chi connectivity index (χ3v) is 7.03. The number of nitrogens with one attached hydrogen (secondary N) is 2. The molecule has 2 fully saturated rings. The van der Waals surface area contributed by atoms with Crippen LogP contribution < -0.4 is 10.6 Å². The average molecular weight is 511 g/mol. The number of hydrogen-bond donors (Lipinski definition) is 2. The highest BCUT2D eigenvalue weighted by atomic mass is 32.1. The molecule has 3 aromatic rings. The highest BCUT2D eigenvalue weighted by molar-refractivity contribution is 7.19. The Morgan fingerprint density at radius 1 is 1.03 bits per heavy atom. The predicted molar refractivity (Wildman–Crippen MR) is 140 cm³/mol. The molecule has 0 unspecified atom stereocenters. The van der Waals surface area contributed by atoms with E-state index in [9.17, 15) is 9.18 Å². The first-order chi connectivity index (χ1) is 17.2. The van der Waals surface area contributed by atoms with Crippen molar-refractivity contribution in [3.63, 3.8) is 0 Å². The molecule has 1 amide bonds. The molecule has 190 valence electrons. The Labute approximate surface area is 214 Å². The molecular weight excluding hydrogens is 479 g/mol. The standard InChI is InChI=1S/C26H31FN6O2S/c1-26(2,3)35-25(34)33-14-11-19(12-15-33)30-24-32-21(16-4-6-17(27)7-5-16)22(36-24)20-10-13-28-23(31-20)29-18-8-9-18/h4-7,10,13,18-19H,8-9,11-12,14-15H2,1-3H3,(H,30,32)(H,28,29,31). The Hall–Kier alpha value is -3.27. The number of piperidine rings is 1. The van der Waals surface area contributed by atoms with E-state index in [-0.39, 0.29) is 18.0 Å². The van der Waals surface area contributed by atoms with Crippen LogP contribution in [0.2, 0.25) is 0 Å². The zero-order valence-electron chi connectivity index (χ0n) is 20.8. The number of anilines is 2. The molecular formula is C26H31FN6O2S. The molecule has 1 aromatic carbocycles. The zero-order chi connectivity index (χ0) is 25.3. The monoisotopic (exact) mass is 510 g/mol. The Bertz CT molecular complexity index is 1210. The van der Waals surface area contributed by atoms with Crippen molar-refractivity contribution in [1.82, 2.24) is 19.9 Å². The van der Waals surface area contributed by atoms with Gasteiger partial charge >= 0.3 is 6.09 Å². The van der Waals surface area contributed by atoms with Crippen molar-refractivity contribution in [3.8, 4) is 21.8 Å². The summed E-state index contributed by atoms with van der Waals surface area (Å²) in [6, 6.07) is 8.86. The van der Waals surface area contributed by atoms with Crippen molar-refractivity contribution in [3.05, 3.63) is 42.3 Å². The van der Waals surface area contributed by atoms with E-state index in [1.165, 1.54) is 23.5 Å². The summed E-state index contributed by atoms with van der Waals surface area (Å²) in [6.07, 6.45) is 5.34. The zero-order valence-corrected chi connectivity index (χ0v) is 21.6. The van der Waals surface area contributed by atoms with Gasteiger partial charge in [0.15, 0.2) is 5.13 Å². The second-order valence-corrected chi connectivity index (χ2v) is 11.3. The number of ether oxygens (including phenoxy) is 1. The van der Waals surface area contributed by atoms with E-state index < -0.39 is 5.60 Å². The first-order valence-electron chi connectivity index (χ1n) is 12.3. The number of nitrogens with zero attached hydrogens (tertiary/aromatic N) is 4. The molecule has 1 saturated heterocycles. The van der Waals surface area contributed by atoms with E-state index in [0.717, 1.165) is 52.6 Å². The van der Waals surface area contributed by atoms with E-state index in [1.54, 1.807) is 23.2 Å². The van der Waals surface area contributed by atoms with Crippen LogP contribution in [0.5, 0.6) is 0 Å². The van der Waals surface area contributed by atoms with Crippen molar-refractivity contribution in [2.24, 2.45) is 0 Å². The van der Waals surface area contributed by atoms with E-state index in [2.05, 4.69) is 15.6 Å². The number of rotatable bonds is 6. The van der Waals surface area contributed by atoms with Gasteiger partial charge in [-0.05, 0) is 76.8 Å². The minimum Gasteiger partial charge on any atom is -0.444 e. The quantitative estimate of drug-likeness (QED) is 0.433. The number of halogens is 1. The Kier molecular flexibility index (Phi) is 6.79. The smallest absolute Gasteiger partial charge is 0.410 e. The van der Waals surface area contributed by atoms with Gasteiger partial charge in [0, 0.05) is 36.9 Å². The van der Waals surface area contributed by atoms with Gasteiger partial charge in [0.1, 0.15) is 11.4 Å². The van der Waals surface area contributed by atoms with Crippen LogP contribution >= 0.6 is 11.3 Å². The van der Waals surface area contributed by atoms with E-state index in [1.807, 2.05) is 26.8 Å². The van der Waals surface area contributed by atoms with Gasteiger partial charge < -0.3 is 20.3 Å². The maximum Gasteiger partial charge on any atom is 0.410 e. The molecule has 0 bridgehead atoms. The van der Waals surface area contributed by atoms with Crippen molar-refractivity contribution in [2.45, 2.75) is 64.1 Å². The van der Waals surface area contributed by atoms with Crippen molar-refractivity contribution < 1.29 is 13.9 Å². The molecule has 0 atom stereocenters. The van der Waals surface area contributed by atoms with Crippen molar-refractivity contribution in [2.75, 3.05) is 23.7 Å². The topological polar surface area (TPSA) is 92.3 Å². The summed E-state index contributed by atoms with van der Waals surface area (Å²) in [5.41, 5.74) is 1.85. The minimum absolute atomic E-state index is 0.182. The van der Waals surface area contributed by atoms with Crippen LogP contribution in [0.25, 0.3) is 21.8 Å². The molecule has 1 saturated carbocycles. The van der Waals surface area contributed by atoms with Gasteiger partial charge in [0.25, 0.3) is 0 Å². The first-order valence-corrected chi connectivity index (χ1v) is 13.2. The maximum atomic E-state index is 13.6. The second-order valence-electron chi connectivity index (χ2n) is 10.3. The van der Waals surface area contributed by atoms with E-state index in [4.69, 9.17) is 14.7 Å². The fourth-order valence-corrected chi connectivity index (χ4v) is 5.07. The number of carbonyl (C=O) groups is 1. The first kappa shape index (κ1) is 24.4. The summed E-state index contributed by atoms with van der Waals surface area (Å²) >= 11 is 1.52. The van der Waals surface area contributed by atoms with Crippen LogP contribution in [-0.4, -0.2) is 56.7 Å². The predicted octanol–water partition coefficient (Wildman–Crippen LogP) is 5.79. The Morgan fingerprint density at radius 2 is 1.72 bits per heavy atom. The lowest BCUT2D eigenvalue weighted by Crippen LogP contribution is -2.44. The summed E-state index contributed by atoms with van der Waals surface area (Å²) < 4.78 is 19.1. The average Bonchev–Trinajstić information content (AvgIpc) is 3.55. The van der Waals surface area contributed by atoms with Gasteiger partial charge in [0.2, 0.25) is 5.95 Å². The molecule has 0 spiro atoms. The fourth-order valence-electron chi connectivity index (χ4n) is 4.03. The van der Waals surface area contributed by atoms with Crippen LogP contribution in [0.1, 0.15) is 46.5 Å². The lowest BCUT2D eigenvalue weighted by Gasteiger charge is -2.33. The molecule has 10 heteroatoms. The van der Waals surface area contributed by atoms with Crippen molar-refractivity contribution >= 4 is 28.5 Å². The second kappa shape index (κ2) is 10.0. The molecule has 5 rings (SSSR count).